The van der Waals surface area contributed by atoms with E-state index >= 15 is 0 Å². The van der Waals surface area contributed by atoms with Crippen LogP contribution < -0.4 is 10.6 Å². The zero-order valence-electron chi connectivity index (χ0n) is 14.3. The fourth-order valence-electron chi connectivity index (χ4n) is 2.48. The summed E-state index contributed by atoms with van der Waals surface area (Å²) in [4.78, 5) is 9.02. The van der Waals surface area contributed by atoms with Gasteiger partial charge in [-0.05, 0) is 44.0 Å². The Labute approximate surface area is 143 Å². The number of anilines is 3. The van der Waals surface area contributed by atoms with Gasteiger partial charge in [0.05, 0.1) is 0 Å². The van der Waals surface area contributed by atoms with Crippen LogP contribution in [-0.2, 0) is 6.54 Å². The minimum Gasteiger partial charge on any atom is -0.366 e. The van der Waals surface area contributed by atoms with Crippen molar-refractivity contribution in [3.63, 3.8) is 0 Å². The van der Waals surface area contributed by atoms with E-state index in [0.29, 0.717) is 5.95 Å². The van der Waals surface area contributed by atoms with Crippen molar-refractivity contribution >= 4 is 17.5 Å². The molecule has 0 fully saturated rings. The van der Waals surface area contributed by atoms with Gasteiger partial charge in [0.25, 0.3) is 0 Å². The fourth-order valence-corrected chi connectivity index (χ4v) is 2.48. The maximum Gasteiger partial charge on any atom is 0.229 e. The Morgan fingerprint density at radius 1 is 0.875 bits per heavy atom. The van der Waals surface area contributed by atoms with Gasteiger partial charge in [0, 0.05) is 24.0 Å². The van der Waals surface area contributed by atoms with Gasteiger partial charge in [-0.2, -0.15) is 4.98 Å². The lowest BCUT2D eigenvalue weighted by molar-refractivity contribution is 1.05. The second-order valence-electron chi connectivity index (χ2n) is 5.99. The van der Waals surface area contributed by atoms with Gasteiger partial charge >= 0.3 is 0 Å². The summed E-state index contributed by atoms with van der Waals surface area (Å²) in [6.07, 6.45) is 0. The molecule has 0 aliphatic carbocycles. The molecule has 0 aliphatic heterocycles. The lowest BCUT2D eigenvalue weighted by atomic mass is 10.1. The molecule has 0 saturated carbocycles. The fraction of sp³-hybridized carbons (Fsp3) is 0.200. The van der Waals surface area contributed by atoms with Crippen LogP contribution in [-0.4, -0.2) is 9.97 Å². The van der Waals surface area contributed by atoms with E-state index in [4.69, 9.17) is 0 Å². The van der Waals surface area contributed by atoms with Crippen molar-refractivity contribution < 1.29 is 0 Å². The first kappa shape index (κ1) is 16.0. The average Bonchev–Trinajstić information content (AvgIpc) is 2.56. The highest BCUT2D eigenvalue weighted by molar-refractivity contribution is 5.55. The molecule has 0 spiro atoms. The van der Waals surface area contributed by atoms with Gasteiger partial charge in [-0.25, -0.2) is 4.98 Å². The predicted molar refractivity (Wildman–Crippen MR) is 99.7 cm³/mol. The van der Waals surface area contributed by atoms with E-state index in [1.807, 2.05) is 25.1 Å². The highest BCUT2D eigenvalue weighted by atomic mass is 15.1. The van der Waals surface area contributed by atoms with E-state index in [0.717, 1.165) is 23.7 Å². The molecular formula is C20H22N4. The molecule has 0 aliphatic rings. The van der Waals surface area contributed by atoms with Crippen LogP contribution in [0.5, 0.6) is 0 Å². The maximum absolute atomic E-state index is 4.56. The van der Waals surface area contributed by atoms with Gasteiger partial charge in [0.2, 0.25) is 5.95 Å². The summed E-state index contributed by atoms with van der Waals surface area (Å²) in [7, 11) is 0. The van der Waals surface area contributed by atoms with E-state index in [1.165, 1.54) is 16.7 Å². The molecule has 0 radical (unpaired) electrons. The van der Waals surface area contributed by atoms with Crippen LogP contribution >= 0.6 is 0 Å². The normalized spacial score (nSPS) is 10.5. The largest absolute Gasteiger partial charge is 0.366 e. The molecule has 24 heavy (non-hydrogen) atoms. The van der Waals surface area contributed by atoms with Crippen LogP contribution in [0.3, 0.4) is 0 Å². The summed E-state index contributed by atoms with van der Waals surface area (Å²) in [5.74, 6) is 1.42. The number of benzene rings is 2. The standard InChI is InChI=1S/C20H22N4/c1-14-8-10-18(11-9-14)23-20-22-16(3)12-19(24-20)21-13-17-7-5-4-6-15(17)2/h4-12H,13H2,1-3H3,(H2,21,22,23,24). The molecule has 0 bridgehead atoms. The van der Waals surface area contributed by atoms with Crippen molar-refractivity contribution in [2.24, 2.45) is 0 Å². The van der Waals surface area contributed by atoms with Crippen LogP contribution in [0.1, 0.15) is 22.4 Å². The van der Waals surface area contributed by atoms with E-state index < -0.39 is 0 Å². The van der Waals surface area contributed by atoms with Crippen LogP contribution in [0.25, 0.3) is 0 Å². The topological polar surface area (TPSA) is 49.8 Å². The SMILES string of the molecule is Cc1ccc(Nc2nc(C)cc(NCc3ccccc3C)n2)cc1. The Morgan fingerprint density at radius 2 is 1.62 bits per heavy atom. The minimum absolute atomic E-state index is 0.603. The van der Waals surface area contributed by atoms with Gasteiger partial charge in [0.15, 0.2) is 0 Å². The summed E-state index contributed by atoms with van der Waals surface area (Å²) in [5, 5.41) is 6.65. The second-order valence-corrected chi connectivity index (χ2v) is 5.99. The minimum atomic E-state index is 0.603. The third-order valence-corrected chi connectivity index (χ3v) is 3.88. The maximum atomic E-state index is 4.56. The number of rotatable bonds is 5. The van der Waals surface area contributed by atoms with Crippen LogP contribution in [0.2, 0.25) is 0 Å². The Balaban J connectivity index is 1.74. The molecule has 4 heteroatoms. The quantitative estimate of drug-likeness (QED) is 0.712. The summed E-state index contributed by atoms with van der Waals surface area (Å²) in [6.45, 7) is 6.90. The van der Waals surface area contributed by atoms with Crippen LogP contribution in [0.4, 0.5) is 17.5 Å². The molecule has 0 amide bonds. The summed E-state index contributed by atoms with van der Waals surface area (Å²) in [5.41, 5.74) is 5.67. The van der Waals surface area contributed by atoms with E-state index in [9.17, 15) is 0 Å². The second kappa shape index (κ2) is 7.13. The molecule has 0 atom stereocenters. The number of nitrogens with zero attached hydrogens (tertiary/aromatic N) is 2. The molecule has 122 valence electrons. The van der Waals surface area contributed by atoms with Gasteiger partial charge < -0.3 is 10.6 Å². The van der Waals surface area contributed by atoms with Crippen molar-refractivity contribution in [3.8, 4) is 0 Å². The summed E-state index contributed by atoms with van der Waals surface area (Å²) >= 11 is 0. The Kier molecular flexibility index (Phi) is 4.75. The Bertz CT molecular complexity index is 825. The summed E-state index contributed by atoms with van der Waals surface area (Å²) < 4.78 is 0. The lowest BCUT2D eigenvalue weighted by Gasteiger charge is -2.11. The first-order chi connectivity index (χ1) is 11.6. The van der Waals surface area contributed by atoms with Crippen molar-refractivity contribution in [1.29, 1.82) is 0 Å². The molecule has 3 rings (SSSR count). The number of nitrogens with one attached hydrogen (secondary N) is 2. The van der Waals surface area contributed by atoms with Crippen molar-refractivity contribution in [2.75, 3.05) is 10.6 Å². The Hall–Kier alpha value is -2.88. The Morgan fingerprint density at radius 3 is 2.38 bits per heavy atom. The van der Waals surface area contributed by atoms with E-state index in [1.54, 1.807) is 0 Å². The van der Waals surface area contributed by atoms with E-state index in [2.05, 4.69) is 70.8 Å². The molecule has 1 aromatic heterocycles. The highest BCUT2D eigenvalue weighted by Gasteiger charge is 2.04. The number of aromatic nitrogens is 2. The molecule has 2 aromatic carbocycles. The van der Waals surface area contributed by atoms with Crippen molar-refractivity contribution in [3.05, 3.63) is 77.0 Å². The van der Waals surface area contributed by atoms with Crippen LogP contribution in [0, 0.1) is 20.8 Å². The first-order valence-corrected chi connectivity index (χ1v) is 8.08. The lowest BCUT2D eigenvalue weighted by Crippen LogP contribution is -2.06. The monoisotopic (exact) mass is 318 g/mol. The van der Waals surface area contributed by atoms with E-state index in [-0.39, 0.29) is 0 Å². The van der Waals surface area contributed by atoms with Crippen LogP contribution in [0.15, 0.2) is 54.6 Å². The smallest absolute Gasteiger partial charge is 0.229 e. The molecular weight excluding hydrogens is 296 g/mol. The summed E-state index contributed by atoms with van der Waals surface area (Å²) in [6, 6.07) is 18.5. The third-order valence-electron chi connectivity index (χ3n) is 3.88. The zero-order valence-corrected chi connectivity index (χ0v) is 14.3. The number of hydrogen-bond acceptors (Lipinski definition) is 4. The number of aryl methyl sites for hydroxylation is 3. The van der Waals surface area contributed by atoms with Gasteiger partial charge in [-0.15, -0.1) is 0 Å². The molecule has 1 heterocycles. The molecule has 0 unspecified atom stereocenters. The predicted octanol–water partition coefficient (Wildman–Crippen LogP) is 4.76. The first-order valence-electron chi connectivity index (χ1n) is 8.08. The molecule has 2 N–H and O–H groups in total. The van der Waals surface area contributed by atoms with Gasteiger partial charge in [0.1, 0.15) is 5.82 Å². The number of hydrogen-bond donors (Lipinski definition) is 2. The molecule has 3 aromatic rings. The van der Waals surface area contributed by atoms with Crippen molar-refractivity contribution in [2.45, 2.75) is 27.3 Å². The molecule has 4 nitrogen and oxygen atoms in total. The third kappa shape index (κ3) is 4.10. The van der Waals surface area contributed by atoms with Crippen molar-refractivity contribution in [1.82, 2.24) is 9.97 Å². The molecule has 0 saturated heterocycles. The highest BCUT2D eigenvalue weighted by Crippen LogP contribution is 2.17. The van der Waals surface area contributed by atoms with Gasteiger partial charge in [-0.3, -0.25) is 0 Å². The van der Waals surface area contributed by atoms with Gasteiger partial charge in [-0.1, -0.05) is 42.0 Å². The average molecular weight is 318 g/mol. The zero-order chi connectivity index (χ0) is 16.9.